The van der Waals surface area contributed by atoms with Crippen molar-refractivity contribution in [3.05, 3.63) is 18.0 Å². The van der Waals surface area contributed by atoms with E-state index in [-0.39, 0.29) is 0 Å². The van der Waals surface area contributed by atoms with Gasteiger partial charge in [0.15, 0.2) is 0 Å². The summed E-state index contributed by atoms with van der Waals surface area (Å²) in [5.41, 5.74) is 0.979. The molecule has 96 valence electrons. The summed E-state index contributed by atoms with van der Waals surface area (Å²) in [4.78, 5) is 2.58. The van der Waals surface area contributed by atoms with Crippen molar-refractivity contribution in [2.45, 2.75) is 45.2 Å². The van der Waals surface area contributed by atoms with E-state index in [2.05, 4.69) is 22.3 Å². The molecule has 17 heavy (non-hydrogen) atoms. The van der Waals surface area contributed by atoms with Gasteiger partial charge in [-0.25, -0.2) is 0 Å². The van der Waals surface area contributed by atoms with E-state index < -0.39 is 0 Å². The summed E-state index contributed by atoms with van der Waals surface area (Å²) in [5, 5.41) is 7.39. The van der Waals surface area contributed by atoms with Crippen LogP contribution in [0.4, 0.5) is 0 Å². The number of likely N-dealkylation sites (tertiary alicyclic amines) is 1. The molecule has 0 aliphatic carbocycles. The quantitative estimate of drug-likeness (QED) is 0.850. The van der Waals surface area contributed by atoms with Crippen LogP contribution in [-0.2, 0) is 6.54 Å². The van der Waals surface area contributed by atoms with Crippen LogP contribution < -0.4 is 5.32 Å². The van der Waals surface area contributed by atoms with Crippen molar-refractivity contribution in [2.24, 2.45) is 0 Å². The van der Waals surface area contributed by atoms with Crippen LogP contribution in [0.25, 0.3) is 0 Å². The second kappa shape index (κ2) is 6.77. The molecule has 1 saturated heterocycles. The van der Waals surface area contributed by atoms with E-state index in [1.165, 1.54) is 38.8 Å². The second-order valence-corrected chi connectivity index (χ2v) is 4.99. The second-order valence-electron chi connectivity index (χ2n) is 4.99. The van der Waals surface area contributed by atoms with Crippen LogP contribution >= 0.6 is 0 Å². The number of aromatic nitrogens is 1. The fourth-order valence-corrected chi connectivity index (χ4v) is 2.38. The maximum Gasteiger partial charge on any atom is 0.124 e. The van der Waals surface area contributed by atoms with E-state index in [4.69, 9.17) is 4.52 Å². The van der Waals surface area contributed by atoms with E-state index in [9.17, 15) is 0 Å². The molecular formula is C13H23N3O. The third kappa shape index (κ3) is 4.48. The van der Waals surface area contributed by atoms with Crippen molar-refractivity contribution in [1.29, 1.82) is 0 Å². The minimum atomic E-state index is 0.504. The standard InChI is InChI=1S/C13H23N3O/c1-12(14-10-13-6-9-17-15-13)11-16-7-4-2-3-5-8-16/h6,9,12,14H,2-5,7-8,10-11H2,1H3. The molecule has 0 aromatic carbocycles. The van der Waals surface area contributed by atoms with Crippen LogP contribution in [0.1, 0.15) is 38.3 Å². The highest BCUT2D eigenvalue weighted by molar-refractivity contribution is 4.94. The fraction of sp³-hybridized carbons (Fsp3) is 0.769. The zero-order valence-corrected chi connectivity index (χ0v) is 10.7. The summed E-state index contributed by atoms with van der Waals surface area (Å²) in [5.74, 6) is 0. The van der Waals surface area contributed by atoms with Gasteiger partial charge in [0.2, 0.25) is 0 Å². The Morgan fingerprint density at radius 3 is 2.76 bits per heavy atom. The van der Waals surface area contributed by atoms with Gasteiger partial charge in [-0.05, 0) is 32.9 Å². The first-order valence-electron chi connectivity index (χ1n) is 6.69. The van der Waals surface area contributed by atoms with Crippen molar-refractivity contribution >= 4 is 0 Å². The highest BCUT2D eigenvalue weighted by Crippen LogP contribution is 2.09. The van der Waals surface area contributed by atoms with E-state index in [0.717, 1.165) is 18.8 Å². The SMILES string of the molecule is CC(CN1CCCCCC1)NCc1ccon1. The lowest BCUT2D eigenvalue weighted by Gasteiger charge is -2.24. The molecule has 0 saturated carbocycles. The number of hydrogen-bond donors (Lipinski definition) is 1. The van der Waals surface area contributed by atoms with Crippen LogP contribution in [0.15, 0.2) is 16.9 Å². The summed E-state index contributed by atoms with van der Waals surface area (Å²) in [6, 6.07) is 2.41. The molecule has 0 radical (unpaired) electrons. The number of hydrogen-bond acceptors (Lipinski definition) is 4. The molecule has 1 N–H and O–H groups in total. The van der Waals surface area contributed by atoms with Gasteiger partial charge >= 0.3 is 0 Å². The fourth-order valence-electron chi connectivity index (χ4n) is 2.38. The van der Waals surface area contributed by atoms with Crippen LogP contribution in [0.3, 0.4) is 0 Å². The van der Waals surface area contributed by atoms with Crippen molar-refractivity contribution in [3.8, 4) is 0 Å². The average molecular weight is 237 g/mol. The Bertz CT molecular complexity index is 292. The number of nitrogens with zero attached hydrogens (tertiary/aromatic N) is 2. The summed E-state index contributed by atoms with van der Waals surface area (Å²) < 4.78 is 4.81. The molecule has 1 aromatic rings. The zero-order valence-electron chi connectivity index (χ0n) is 10.7. The molecule has 4 nitrogen and oxygen atoms in total. The molecule has 1 fully saturated rings. The molecule has 4 heteroatoms. The first-order valence-corrected chi connectivity index (χ1v) is 6.69. The monoisotopic (exact) mass is 237 g/mol. The van der Waals surface area contributed by atoms with Gasteiger partial charge in [0, 0.05) is 25.2 Å². The van der Waals surface area contributed by atoms with Gasteiger partial charge in [0.05, 0.1) is 5.69 Å². The Morgan fingerprint density at radius 2 is 2.12 bits per heavy atom. The molecular weight excluding hydrogens is 214 g/mol. The van der Waals surface area contributed by atoms with Gasteiger partial charge < -0.3 is 14.7 Å². The van der Waals surface area contributed by atoms with Gasteiger partial charge in [-0.3, -0.25) is 0 Å². The van der Waals surface area contributed by atoms with Gasteiger partial charge in [0.1, 0.15) is 6.26 Å². The summed E-state index contributed by atoms with van der Waals surface area (Å²) in [7, 11) is 0. The van der Waals surface area contributed by atoms with Crippen LogP contribution in [0.5, 0.6) is 0 Å². The Hall–Kier alpha value is -0.870. The third-order valence-electron chi connectivity index (χ3n) is 3.35. The minimum Gasteiger partial charge on any atom is -0.364 e. The molecule has 0 amide bonds. The van der Waals surface area contributed by atoms with Gasteiger partial charge in [0.25, 0.3) is 0 Å². The van der Waals surface area contributed by atoms with Crippen LogP contribution in [0, 0.1) is 0 Å². The summed E-state index contributed by atoms with van der Waals surface area (Å²) >= 11 is 0. The van der Waals surface area contributed by atoms with Crippen molar-refractivity contribution in [2.75, 3.05) is 19.6 Å². The highest BCUT2D eigenvalue weighted by atomic mass is 16.5. The van der Waals surface area contributed by atoms with Crippen LogP contribution in [-0.4, -0.2) is 35.7 Å². The van der Waals surface area contributed by atoms with Crippen molar-refractivity contribution in [1.82, 2.24) is 15.4 Å². The summed E-state index contributed by atoms with van der Waals surface area (Å²) in [6.45, 7) is 6.69. The molecule has 1 unspecified atom stereocenters. The molecule has 1 atom stereocenters. The highest BCUT2D eigenvalue weighted by Gasteiger charge is 2.12. The van der Waals surface area contributed by atoms with E-state index in [1.807, 2.05) is 6.07 Å². The lowest BCUT2D eigenvalue weighted by atomic mass is 10.2. The van der Waals surface area contributed by atoms with E-state index in [1.54, 1.807) is 6.26 Å². The smallest absolute Gasteiger partial charge is 0.124 e. The molecule has 1 aromatic heterocycles. The van der Waals surface area contributed by atoms with Crippen molar-refractivity contribution < 1.29 is 4.52 Å². The number of nitrogens with one attached hydrogen (secondary N) is 1. The Labute approximate surface area is 103 Å². The van der Waals surface area contributed by atoms with Crippen LogP contribution in [0.2, 0.25) is 0 Å². The molecule has 0 bridgehead atoms. The largest absolute Gasteiger partial charge is 0.364 e. The zero-order chi connectivity index (χ0) is 11.9. The Balaban J connectivity index is 1.67. The molecule has 1 aliphatic heterocycles. The lowest BCUT2D eigenvalue weighted by molar-refractivity contribution is 0.255. The van der Waals surface area contributed by atoms with Gasteiger partial charge in [-0.2, -0.15) is 0 Å². The number of rotatable bonds is 5. The van der Waals surface area contributed by atoms with E-state index >= 15 is 0 Å². The van der Waals surface area contributed by atoms with Gasteiger partial charge in [-0.1, -0.05) is 18.0 Å². The molecule has 2 rings (SSSR count). The molecule has 2 heterocycles. The predicted molar refractivity (Wildman–Crippen MR) is 67.7 cm³/mol. The molecule has 0 spiro atoms. The van der Waals surface area contributed by atoms with Gasteiger partial charge in [-0.15, -0.1) is 0 Å². The first-order chi connectivity index (χ1) is 8.34. The van der Waals surface area contributed by atoms with E-state index in [0.29, 0.717) is 6.04 Å². The topological polar surface area (TPSA) is 41.3 Å². The first kappa shape index (κ1) is 12.6. The predicted octanol–water partition coefficient (Wildman–Crippen LogP) is 2.03. The normalized spacial score (nSPS) is 20.1. The molecule has 1 aliphatic rings. The maximum atomic E-state index is 4.81. The summed E-state index contributed by atoms with van der Waals surface area (Å²) in [6.07, 6.45) is 7.14. The lowest BCUT2D eigenvalue weighted by Crippen LogP contribution is -2.39. The maximum absolute atomic E-state index is 4.81. The Kier molecular flexibility index (Phi) is 5.01. The minimum absolute atomic E-state index is 0.504. The average Bonchev–Trinajstić information content (AvgIpc) is 2.72. The Morgan fingerprint density at radius 1 is 1.35 bits per heavy atom. The van der Waals surface area contributed by atoms with Crippen molar-refractivity contribution in [3.63, 3.8) is 0 Å². The third-order valence-corrected chi connectivity index (χ3v) is 3.35.